The third-order valence-electron chi connectivity index (χ3n) is 6.32. The van der Waals surface area contributed by atoms with Gasteiger partial charge in [0, 0.05) is 37.8 Å². The summed E-state index contributed by atoms with van der Waals surface area (Å²) < 4.78 is 11.3. The van der Waals surface area contributed by atoms with E-state index in [2.05, 4.69) is 10.6 Å². The molecule has 1 aromatic heterocycles. The van der Waals surface area contributed by atoms with E-state index >= 15 is 0 Å². The second-order valence-corrected chi connectivity index (χ2v) is 10.7. The van der Waals surface area contributed by atoms with E-state index in [0.29, 0.717) is 44.1 Å². The summed E-state index contributed by atoms with van der Waals surface area (Å²) in [7, 11) is 1.63. The van der Waals surface area contributed by atoms with Gasteiger partial charge in [0.05, 0.1) is 29.3 Å². The van der Waals surface area contributed by atoms with Crippen LogP contribution in [-0.2, 0) is 20.7 Å². The Morgan fingerprint density at radius 3 is 2.89 bits per heavy atom. The Morgan fingerprint density at radius 2 is 2.19 bits per heavy atom. The Bertz CT molecular complexity index is 1060. The Morgan fingerprint density at radius 1 is 1.39 bits per heavy atom. The molecule has 3 atom stereocenters. The number of carbonyl (C=O) groups excluding carboxylic acids is 1. The van der Waals surface area contributed by atoms with Crippen molar-refractivity contribution in [3.63, 3.8) is 0 Å². The number of amides is 2. The smallest absolute Gasteiger partial charge is 0.404 e. The molecule has 1 saturated carbocycles. The third kappa shape index (κ3) is 6.74. The summed E-state index contributed by atoms with van der Waals surface area (Å²) >= 11 is 7.83. The van der Waals surface area contributed by atoms with E-state index in [1.54, 1.807) is 18.4 Å². The van der Waals surface area contributed by atoms with Gasteiger partial charge in [0.15, 0.2) is 0 Å². The van der Waals surface area contributed by atoms with E-state index in [1.807, 2.05) is 36.1 Å². The van der Waals surface area contributed by atoms with Crippen LogP contribution in [-0.4, -0.2) is 78.6 Å². The molecule has 1 aliphatic heterocycles. The molecule has 2 aliphatic rings. The first-order chi connectivity index (χ1) is 17.4. The molecule has 11 heteroatoms. The number of thiazole rings is 1. The van der Waals surface area contributed by atoms with Crippen LogP contribution in [0.25, 0.3) is 10.4 Å². The molecule has 196 valence electrons. The Labute approximate surface area is 220 Å². The van der Waals surface area contributed by atoms with E-state index in [4.69, 9.17) is 31.2 Å². The van der Waals surface area contributed by atoms with Gasteiger partial charge in [-0.3, -0.25) is 4.79 Å². The number of hydrogen-bond acceptors (Lipinski definition) is 7. The van der Waals surface area contributed by atoms with Gasteiger partial charge < -0.3 is 30.1 Å². The molecule has 2 aromatic rings. The maximum Gasteiger partial charge on any atom is 0.404 e. The number of carboxylic acid groups (broad SMARTS) is 1. The summed E-state index contributed by atoms with van der Waals surface area (Å²) in [5.41, 5.74) is 1.85. The number of nitrogens with one attached hydrogen (secondary N) is 2. The van der Waals surface area contributed by atoms with Gasteiger partial charge in [-0.25, -0.2) is 9.78 Å². The van der Waals surface area contributed by atoms with Gasteiger partial charge >= 0.3 is 6.09 Å². The van der Waals surface area contributed by atoms with Crippen molar-refractivity contribution in [1.82, 2.24) is 20.5 Å². The average molecular weight is 537 g/mol. The maximum atomic E-state index is 13.6. The van der Waals surface area contributed by atoms with Crippen molar-refractivity contribution in [3.8, 4) is 10.4 Å². The van der Waals surface area contributed by atoms with Crippen molar-refractivity contribution >= 4 is 34.9 Å². The van der Waals surface area contributed by atoms with E-state index < -0.39 is 12.2 Å². The standard InChI is InChI=1S/C25H33ClN4O5S/c1-15(30(18-8-9-18)24(31)21-13-27-12-19(35-21)14-34-2)23-29-20(7-4-10-28-25(32)33)22(36-23)16-5-3-6-17(26)11-16/h3,5-6,11,15,18-19,21,27-28H,4,7-10,12-14H2,1-2H3,(H,32,33)/t15-,19+,21-/m1/s1. The average Bonchev–Trinajstić information content (AvgIpc) is 3.59. The number of ether oxygens (including phenoxy) is 2. The lowest BCUT2D eigenvalue weighted by molar-refractivity contribution is -0.156. The number of aromatic nitrogens is 1. The second kappa shape index (κ2) is 12.3. The molecular formula is C25H33ClN4O5S. The molecule has 9 nitrogen and oxygen atoms in total. The molecular weight excluding hydrogens is 504 g/mol. The Balaban J connectivity index is 1.57. The van der Waals surface area contributed by atoms with Crippen LogP contribution in [0.3, 0.4) is 0 Å². The van der Waals surface area contributed by atoms with Crippen LogP contribution in [0.5, 0.6) is 0 Å². The minimum Gasteiger partial charge on any atom is -0.465 e. The highest BCUT2D eigenvalue weighted by atomic mass is 35.5. The summed E-state index contributed by atoms with van der Waals surface area (Å²) in [6.45, 7) is 3.93. The van der Waals surface area contributed by atoms with Crippen LogP contribution in [0.4, 0.5) is 4.79 Å². The van der Waals surface area contributed by atoms with Gasteiger partial charge in [-0.05, 0) is 50.3 Å². The van der Waals surface area contributed by atoms with Crippen LogP contribution in [0.15, 0.2) is 24.3 Å². The van der Waals surface area contributed by atoms with E-state index in [9.17, 15) is 9.59 Å². The van der Waals surface area contributed by atoms with Gasteiger partial charge in [0.25, 0.3) is 5.91 Å². The first-order valence-corrected chi connectivity index (χ1v) is 13.5. The quantitative estimate of drug-likeness (QED) is 0.375. The molecule has 2 heterocycles. The highest BCUT2D eigenvalue weighted by Crippen LogP contribution is 2.40. The topological polar surface area (TPSA) is 113 Å². The van der Waals surface area contributed by atoms with Crippen LogP contribution in [0.1, 0.15) is 42.9 Å². The van der Waals surface area contributed by atoms with Crippen molar-refractivity contribution in [2.75, 3.05) is 33.4 Å². The molecule has 0 bridgehead atoms. The van der Waals surface area contributed by atoms with Crippen molar-refractivity contribution < 1.29 is 24.2 Å². The molecule has 2 amide bonds. The molecule has 1 aromatic carbocycles. The summed E-state index contributed by atoms with van der Waals surface area (Å²) in [5.74, 6) is -0.0231. The maximum absolute atomic E-state index is 13.6. The van der Waals surface area contributed by atoms with Gasteiger partial charge in [0.2, 0.25) is 0 Å². The molecule has 0 spiro atoms. The molecule has 3 N–H and O–H groups in total. The number of aryl methyl sites for hydroxylation is 1. The fraction of sp³-hybridized carbons (Fsp3) is 0.560. The number of morpholine rings is 1. The fourth-order valence-electron chi connectivity index (χ4n) is 4.48. The minimum absolute atomic E-state index is 0.0231. The van der Waals surface area contributed by atoms with Gasteiger partial charge in [-0.2, -0.15) is 0 Å². The second-order valence-electron chi connectivity index (χ2n) is 9.19. The molecule has 1 aliphatic carbocycles. The molecule has 0 radical (unpaired) electrons. The number of rotatable bonds is 11. The van der Waals surface area contributed by atoms with Gasteiger partial charge in [0.1, 0.15) is 11.1 Å². The fourth-order valence-corrected chi connectivity index (χ4v) is 5.83. The molecule has 1 saturated heterocycles. The predicted octanol–water partition coefficient (Wildman–Crippen LogP) is 3.72. The van der Waals surface area contributed by atoms with Crippen LogP contribution < -0.4 is 10.6 Å². The third-order valence-corrected chi connectivity index (χ3v) is 7.88. The first-order valence-electron chi connectivity index (χ1n) is 12.3. The highest BCUT2D eigenvalue weighted by molar-refractivity contribution is 7.15. The van der Waals surface area contributed by atoms with Crippen molar-refractivity contribution in [1.29, 1.82) is 0 Å². The zero-order valence-electron chi connectivity index (χ0n) is 20.5. The van der Waals surface area contributed by atoms with Crippen molar-refractivity contribution in [3.05, 3.63) is 40.0 Å². The number of nitrogens with zero attached hydrogens (tertiary/aromatic N) is 2. The molecule has 36 heavy (non-hydrogen) atoms. The van der Waals surface area contributed by atoms with E-state index in [0.717, 1.165) is 34.0 Å². The number of hydrogen-bond donors (Lipinski definition) is 3. The highest BCUT2D eigenvalue weighted by Gasteiger charge is 2.42. The van der Waals surface area contributed by atoms with Gasteiger partial charge in [-0.15, -0.1) is 11.3 Å². The molecule has 0 unspecified atom stereocenters. The lowest BCUT2D eigenvalue weighted by atomic mass is 10.1. The van der Waals surface area contributed by atoms with E-state index in [-0.39, 0.29) is 24.1 Å². The lowest BCUT2D eigenvalue weighted by Gasteiger charge is -2.35. The van der Waals surface area contributed by atoms with Gasteiger partial charge in [-0.1, -0.05) is 23.7 Å². The minimum atomic E-state index is -1.04. The zero-order chi connectivity index (χ0) is 25.7. The number of carbonyl (C=O) groups is 2. The summed E-state index contributed by atoms with van der Waals surface area (Å²) in [4.78, 5) is 32.4. The largest absolute Gasteiger partial charge is 0.465 e. The molecule has 2 fully saturated rings. The lowest BCUT2D eigenvalue weighted by Crippen LogP contribution is -2.54. The summed E-state index contributed by atoms with van der Waals surface area (Å²) in [6, 6.07) is 7.60. The summed E-state index contributed by atoms with van der Waals surface area (Å²) in [5, 5.41) is 16.1. The van der Waals surface area contributed by atoms with Crippen LogP contribution >= 0.6 is 22.9 Å². The number of methoxy groups -OCH3 is 1. The number of benzene rings is 1. The number of halogens is 1. The van der Waals surface area contributed by atoms with Crippen LogP contribution in [0, 0.1) is 0 Å². The SMILES string of the molecule is COC[C@@H]1CNC[C@H](C(=O)N(C2CC2)[C@H](C)c2nc(CCCNC(=O)O)c(-c3cccc(Cl)c3)s2)O1. The van der Waals surface area contributed by atoms with Crippen molar-refractivity contribution in [2.24, 2.45) is 0 Å². The Hall–Kier alpha value is -2.24. The van der Waals surface area contributed by atoms with Crippen LogP contribution in [0.2, 0.25) is 5.02 Å². The zero-order valence-corrected chi connectivity index (χ0v) is 22.1. The first kappa shape index (κ1) is 26.8. The monoisotopic (exact) mass is 536 g/mol. The molecule has 4 rings (SSSR count). The Kier molecular flexibility index (Phi) is 9.19. The predicted molar refractivity (Wildman–Crippen MR) is 139 cm³/mol. The van der Waals surface area contributed by atoms with Crippen molar-refractivity contribution in [2.45, 2.75) is 56.9 Å². The normalized spacial score (nSPS) is 20.6. The van der Waals surface area contributed by atoms with E-state index in [1.165, 1.54) is 0 Å². The summed E-state index contributed by atoms with van der Waals surface area (Å²) in [6.07, 6.45) is 1.41.